The predicted molar refractivity (Wildman–Crippen MR) is 88.2 cm³/mol. The Morgan fingerprint density at radius 2 is 1.76 bits per heavy atom. The summed E-state index contributed by atoms with van der Waals surface area (Å²) in [5, 5.41) is 14.2. The van der Waals surface area contributed by atoms with E-state index in [1.165, 1.54) is 11.1 Å². The monoisotopic (exact) mass is 290 g/mol. The Labute approximate surface area is 128 Å². The van der Waals surface area contributed by atoms with E-state index >= 15 is 0 Å². The minimum absolute atomic E-state index is 0.730. The van der Waals surface area contributed by atoms with Gasteiger partial charge < -0.3 is 5.32 Å². The molecule has 0 saturated carbocycles. The zero-order chi connectivity index (χ0) is 14.5. The highest BCUT2D eigenvalue weighted by atomic mass is 32.1. The predicted octanol–water partition coefficient (Wildman–Crippen LogP) is 4.90. The maximum atomic E-state index is 8.87. The standard InChI is InChI=1S/C18H14N2S/c19-11-14-10-16(21-13-14)12-20-18-9-5-4-8-17(18)15-6-2-1-3-7-15/h1-10,13,20H,12H2. The second kappa shape index (κ2) is 6.25. The number of anilines is 1. The summed E-state index contributed by atoms with van der Waals surface area (Å²) in [5.74, 6) is 0. The fourth-order valence-electron chi connectivity index (χ4n) is 2.22. The molecule has 0 aliphatic carbocycles. The second-order valence-corrected chi connectivity index (χ2v) is 5.67. The minimum atomic E-state index is 0.730. The van der Waals surface area contributed by atoms with Crippen LogP contribution >= 0.6 is 11.3 Å². The number of hydrogen-bond donors (Lipinski definition) is 1. The zero-order valence-corrected chi connectivity index (χ0v) is 12.2. The quantitative estimate of drug-likeness (QED) is 0.742. The Morgan fingerprint density at radius 1 is 1.00 bits per heavy atom. The highest BCUT2D eigenvalue weighted by Gasteiger charge is 2.05. The first-order chi connectivity index (χ1) is 10.4. The highest BCUT2D eigenvalue weighted by molar-refractivity contribution is 7.10. The summed E-state index contributed by atoms with van der Waals surface area (Å²) in [4.78, 5) is 1.16. The van der Waals surface area contributed by atoms with Gasteiger partial charge in [-0.25, -0.2) is 0 Å². The van der Waals surface area contributed by atoms with Gasteiger partial charge in [-0.05, 0) is 17.7 Å². The average Bonchev–Trinajstić information content (AvgIpc) is 3.02. The Kier molecular flexibility index (Phi) is 3.99. The molecule has 2 aromatic carbocycles. The lowest BCUT2D eigenvalue weighted by molar-refractivity contribution is 1.19. The van der Waals surface area contributed by atoms with Crippen LogP contribution in [-0.4, -0.2) is 0 Å². The van der Waals surface area contributed by atoms with Crippen molar-refractivity contribution in [2.75, 3.05) is 5.32 Å². The van der Waals surface area contributed by atoms with Crippen LogP contribution < -0.4 is 5.32 Å². The number of rotatable bonds is 4. The lowest BCUT2D eigenvalue weighted by atomic mass is 10.0. The van der Waals surface area contributed by atoms with Gasteiger partial charge in [0.25, 0.3) is 0 Å². The van der Waals surface area contributed by atoms with Gasteiger partial charge in [0.1, 0.15) is 6.07 Å². The van der Waals surface area contributed by atoms with Gasteiger partial charge in [0.15, 0.2) is 0 Å². The van der Waals surface area contributed by atoms with Crippen molar-refractivity contribution in [3.63, 3.8) is 0 Å². The molecule has 102 valence electrons. The molecule has 21 heavy (non-hydrogen) atoms. The molecule has 0 aliphatic rings. The molecule has 0 radical (unpaired) electrons. The molecule has 0 unspecified atom stereocenters. The summed E-state index contributed by atoms with van der Waals surface area (Å²) in [5.41, 5.74) is 4.23. The maximum Gasteiger partial charge on any atom is 0.100 e. The molecular weight excluding hydrogens is 276 g/mol. The highest BCUT2D eigenvalue weighted by Crippen LogP contribution is 2.28. The molecule has 3 aromatic rings. The molecule has 0 atom stereocenters. The number of thiophene rings is 1. The van der Waals surface area contributed by atoms with Crippen molar-refractivity contribution < 1.29 is 0 Å². The molecule has 0 bridgehead atoms. The van der Waals surface area contributed by atoms with Crippen molar-refractivity contribution in [2.24, 2.45) is 0 Å². The molecule has 3 heteroatoms. The van der Waals surface area contributed by atoms with Gasteiger partial charge in [0, 0.05) is 28.1 Å². The fraction of sp³-hybridized carbons (Fsp3) is 0.0556. The van der Waals surface area contributed by atoms with E-state index in [1.807, 2.05) is 41.8 Å². The number of para-hydroxylation sites is 1. The first-order valence-corrected chi connectivity index (χ1v) is 7.60. The molecule has 0 fully saturated rings. The van der Waals surface area contributed by atoms with Crippen LogP contribution in [0.1, 0.15) is 10.4 Å². The third-order valence-electron chi connectivity index (χ3n) is 3.25. The second-order valence-electron chi connectivity index (χ2n) is 4.68. The van der Waals surface area contributed by atoms with E-state index in [2.05, 4.69) is 35.7 Å². The summed E-state index contributed by atoms with van der Waals surface area (Å²) in [6.45, 7) is 0.732. The van der Waals surface area contributed by atoms with Gasteiger partial charge in [-0.15, -0.1) is 11.3 Å². The molecule has 2 nitrogen and oxygen atoms in total. The van der Waals surface area contributed by atoms with Crippen LogP contribution in [0.3, 0.4) is 0 Å². The molecule has 0 aliphatic heterocycles. The van der Waals surface area contributed by atoms with Gasteiger partial charge in [0.2, 0.25) is 0 Å². The number of nitriles is 1. The van der Waals surface area contributed by atoms with Gasteiger partial charge in [-0.3, -0.25) is 0 Å². The Morgan fingerprint density at radius 3 is 2.52 bits per heavy atom. The lowest BCUT2D eigenvalue weighted by Crippen LogP contribution is -1.99. The topological polar surface area (TPSA) is 35.8 Å². The number of hydrogen-bond acceptors (Lipinski definition) is 3. The molecule has 3 rings (SSSR count). The molecule has 1 N–H and O–H groups in total. The van der Waals surface area contributed by atoms with E-state index in [0.717, 1.165) is 22.7 Å². The van der Waals surface area contributed by atoms with E-state index in [1.54, 1.807) is 11.3 Å². The number of benzene rings is 2. The Hall–Kier alpha value is -2.57. The largest absolute Gasteiger partial charge is 0.380 e. The van der Waals surface area contributed by atoms with E-state index in [9.17, 15) is 0 Å². The molecule has 0 amide bonds. The molecule has 0 saturated heterocycles. The number of nitrogens with one attached hydrogen (secondary N) is 1. The third-order valence-corrected chi connectivity index (χ3v) is 4.18. The van der Waals surface area contributed by atoms with Crippen molar-refractivity contribution in [1.82, 2.24) is 0 Å². The van der Waals surface area contributed by atoms with E-state index in [0.29, 0.717) is 0 Å². The van der Waals surface area contributed by atoms with Crippen LogP contribution in [0.25, 0.3) is 11.1 Å². The first kappa shape index (κ1) is 13.4. The minimum Gasteiger partial charge on any atom is -0.380 e. The molecule has 1 aromatic heterocycles. The smallest absolute Gasteiger partial charge is 0.100 e. The van der Waals surface area contributed by atoms with Crippen molar-refractivity contribution in [1.29, 1.82) is 5.26 Å². The van der Waals surface area contributed by atoms with E-state index in [-0.39, 0.29) is 0 Å². The van der Waals surface area contributed by atoms with Crippen molar-refractivity contribution in [3.05, 3.63) is 76.5 Å². The average molecular weight is 290 g/mol. The number of nitrogens with zero attached hydrogens (tertiary/aromatic N) is 1. The summed E-state index contributed by atoms with van der Waals surface area (Å²) in [6, 6.07) is 22.7. The van der Waals surface area contributed by atoms with Gasteiger partial charge in [0.05, 0.1) is 5.56 Å². The van der Waals surface area contributed by atoms with Crippen LogP contribution in [0.15, 0.2) is 66.0 Å². The van der Waals surface area contributed by atoms with Crippen molar-refractivity contribution in [2.45, 2.75) is 6.54 Å². The lowest BCUT2D eigenvalue weighted by Gasteiger charge is -2.11. The first-order valence-electron chi connectivity index (χ1n) is 6.72. The van der Waals surface area contributed by atoms with Gasteiger partial charge in [-0.1, -0.05) is 48.5 Å². The fourth-order valence-corrected chi connectivity index (χ4v) is 2.97. The summed E-state index contributed by atoms with van der Waals surface area (Å²) in [6.07, 6.45) is 0. The van der Waals surface area contributed by atoms with E-state index < -0.39 is 0 Å². The Bertz CT molecular complexity index is 769. The van der Waals surface area contributed by atoms with Gasteiger partial charge in [-0.2, -0.15) is 5.26 Å². The third kappa shape index (κ3) is 3.13. The van der Waals surface area contributed by atoms with Gasteiger partial charge >= 0.3 is 0 Å². The van der Waals surface area contributed by atoms with Crippen LogP contribution in [0.2, 0.25) is 0 Å². The van der Waals surface area contributed by atoms with Crippen LogP contribution in [0.5, 0.6) is 0 Å². The maximum absolute atomic E-state index is 8.87. The van der Waals surface area contributed by atoms with Crippen molar-refractivity contribution >= 4 is 17.0 Å². The Balaban J connectivity index is 1.81. The summed E-state index contributed by atoms with van der Waals surface area (Å²) < 4.78 is 0. The molecule has 0 spiro atoms. The SMILES string of the molecule is N#Cc1csc(CNc2ccccc2-c2ccccc2)c1. The van der Waals surface area contributed by atoms with Crippen molar-refractivity contribution in [3.8, 4) is 17.2 Å². The van der Waals surface area contributed by atoms with E-state index in [4.69, 9.17) is 5.26 Å². The normalized spacial score (nSPS) is 10.0. The molecule has 1 heterocycles. The summed E-state index contributed by atoms with van der Waals surface area (Å²) in [7, 11) is 0. The van der Waals surface area contributed by atoms with Crippen LogP contribution in [0, 0.1) is 11.3 Å². The van der Waals surface area contributed by atoms with Crippen LogP contribution in [-0.2, 0) is 6.54 Å². The summed E-state index contributed by atoms with van der Waals surface area (Å²) >= 11 is 1.61. The molecular formula is C18H14N2S. The van der Waals surface area contributed by atoms with Crippen LogP contribution in [0.4, 0.5) is 5.69 Å². The zero-order valence-electron chi connectivity index (χ0n) is 11.4.